The molecule has 1 aromatic carbocycles. The Hall–Kier alpha value is -2.08. The molecule has 0 saturated carbocycles. The largest absolute Gasteiger partial charge is 0.497 e. The Labute approximate surface area is 110 Å². The van der Waals surface area contributed by atoms with E-state index < -0.39 is 0 Å². The fraction of sp³-hybridized carbons (Fsp3) is 0.167. The fourth-order valence-electron chi connectivity index (χ4n) is 1.56. The summed E-state index contributed by atoms with van der Waals surface area (Å²) in [7, 11) is 3.14. The SMILES string of the molecule is COc1cc(/C=C2\NC(=S)NC2=O)cc(OC)c1. The monoisotopic (exact) mass is 264 g/mol. The molecule has 1 aliphatic rings. The Balaban J connectivity index is 2.36. The molecule has 0 unspecified atom stereocenters. The molecule has 94 valence electrons. The number of rotatable bonds is 3. The van der Waals surface area contributed by atoms with Crippen LogP contribution in [0.15, 0.2) is 23.9 Å². The number of nitrogens with one attached hydrogen (secondary N) is 2. The molecule has 1 heterocycles. The first kappa shape index (κ1) is 12.4. The van der Waals surface area contributed by atoms with Crippen LogP contribution < -0.4 is 20.1 Å². The topological polar surface area (TPSA) is 59.6 Å². The van der Waals surface area contributed by atoms with E-state index in [0.29, 0.717) is 22.3 Å². The van der Waals surface area contributed by atoms with Gasteiger partial charge in [0.15, 0.2) is 5.11 Å². The van der Waals surface area contributed by atoms with Crippen LogP contribution in [0.3, 0.4) is 0 Å². The second-order valence-corrected chi connectivity index (χ2v) is 4.02. The van der Waals surface area contributed by atoms with Gasteiger partial charge in [-0.3, -0.25) is 10.1 Å². The van der Waals surface area contributed by atoms with Crippen LogP contribution in [0.4, 0.5) is 0 Å². The van der Waals surface area contributed by atoms with Gasteiger partial charge in [0.2, 0.25) is 0 Å². The van der Waals surface area contributed by atoms with E-state index in [0.717, 1.165) is 5.56 Å². The zero-order valence-electron chi connectivity index (χ0n) is 9.94. The number of thiocarbonyl (C=S) groups is 1. The number of ether oxygens (including phenoxy) is 2. The first-order valence-electron chi connectivity index (χ1n) is 5.19. The Kier molecular flexibility index (Phi) is 3.47. The van der Waals surface area contributed by atoms with E-state index in [4.69, 9.17) is 21.7 Å². The molecule has 1 saturated heterocycles. The van der Waals surface area contributed by atoms with Crippen LogP contribution in [0.1, 0.15) is 5.56 Å². The second kappa shape index (κ2) is 5.05. The molecular weight excluding hydrogens is 252 g/mol. The van der Waals surface area contributed by atoms with Gasteiger partial charge >= 0.3 is 0 Å². The first-order chi connectivity index (χ1) is 8.62. The molecule has 1 aliphatic heterocycles. The Morgan fingerprint density at radius 1 is 1.11 bits per heavy atom. The summed E-state index contributed by atoms with van der Waals surface area (Å²) >= 11 is 4.85. The van der Waals surface area contributed by atoms with Crippen molar-refractivity contribution in [3.63, 3.8) is 0 Å². The molecule has 1 aromatic rings. The molecule has 1 fully saturated rings. The van der Waals surface area contributed by atoms with Crippen LogP contribution in [0.5, 0.6) is 11.5 Å². The molecular formula is C12H12N2O3S. The molecule has 0 aliphatic carbocycles. The Morgan fingerprint density at radius 2 is 1.72 bits per heavy atom. The van der Waals surface area contributed by atoms with E-state index in [1.807, 2.05) is 0 Å². The standard InChI is InChI=1S/C12H12N2O3S/c1-16-8-3-7(4-9(6-8)17-2)5-10-11(15)14-12(18)13-10/h3-6H,1-2H3,(H2,13,14,15,18)/b10-5-. The van der Waals surface area contributed by atoms with Crippen LogP contribution in [0.2, 0.25) is 0 Å². The van der Waals surface area contributed by atoms with Crippen LogP contribution in [0.25, 0.3) is 6.08 Å². The summed E-state index contributed by atoms with van der Waals surface area (Å²) in [4.78, 5) is 11.5. The Bertz CT molecular complexity index is 518. The average Bonchev–Trinajstić information content (AvgIpc) is 2.67. The predicted molar refractivity (Wildman–Crippen MR) is 71.4 cm³/mol. The van der Waals surface area contributed by atoms with Crippen molar-refractivity contribution in [1.29, 1.82) is 0 Å². The summed E-state index contributed by atoms with van der Waals surface area (Å²) in [5, 5.41) is 5.58. The highest BCUT2D eigenvalue weighted by atomic mass is 32.1. The van der Waals surface area contributed by atoms with Crippen molar-refractivity contribution in [3.05, 3.63) is 29.5 Å². The highest BCUT2D eigenvalue weighted by Gasteiger charge is 2.19. The number of carbonyl (C=O) groups is 1. The number of hydrogen-bond donors (Lipinski definition) is 2. The summed E-state index contributed by atoms with van der Waals surface area (Å²) in [6, 6.07) is 5.35. The predicted octanol–water partition coefficient (Wildman–Crippen LogP) is 1.05. The number of methoxy groups -OCH3 is 2. The third kappa shape index (κ3) is 2.60. The van der Waals surface area contributed by atoms with Crippen molar-refractivity contribution in [3.8, 4) is 11.5 Å². The number of hydrogen-bond acceptors (Lipinski definition) is 4. The van der Waals surface area contributed by atoms with Gasteiger partial charge in [-0.15, -0.1) is 0 Å². The number of carbonyl (C=O) groups excluding carboxylic acids is 1. The van der Waals surface area contributed by atoms with Gasteiger partial charge in [0.1, 0.15) is 17.2 Å². The highest BCUT2D eigenvalue weighted by Crippen LogP contribution is 2.24. The van der Waals surface area contributed by atoms with Gasteiger partial charge in [0.05, 0.1) is 14.2 Å². The van der Waals surface area contributed by atoms with Crippen molar-refractivity contribution in [2.24, 2.45) is 0 Å². The maximum Gasteiger partial charge on any atom is 0.273 e. The summed E-state index contributed by atoms with van der Waals surface area (Å²) in [6.45, 7) is 0. The molecule has 5 nitrogen and oxygen atoms in total. The van der Waals surface area contributed by atoms with Crippen molar-refractivity contribution >= 4 is 29.3 Å². The lowest BCUT2D eigenvalue weighted by molar-refractivity contribution is -0.115. The third-order valence-corrected chi connectivity index (χ3v) is 2.61. The van der Waals surface area contributed by atoms with Gasteiger partial charge in [-0.1, -0.05) is 0 Å². The highest BCUT2D eigenvalue weighted by molar-refractivity contribution is 7.80. The lowest BCUT2D eigenvalue weighted by Crippen LogP contribution is -2.21. The normalized spacial score (nSPS) is 16.4. The zero-order valence-corrected chi connectivity index (χ0v) is 10.8. The van der Waals surface area contributed by atoms with Gasteiger partial charge in [0.25, 0.3) is 5.91 Å². The minimum Gasteiger partial charge on any atom is -0.497 e. The molecule has 1 amide bonds. The minimum atomic E-state index is -0.248. The molecule has 0 radical (unpaired) electrons. The van der Waals surface area contributed by atoms with Gasteiger partial charge in [-0.2, -0.15) is 0 Å². The molecule has 18 heavy (non-hydrogen) atoms. The van der Waals surface area contributed by atoms with Crippen molar-refractivity contribution in [2.75, 3.05) is 14.2 Å². The third-order valence-electron chi connectivity index (χ3n) is 2.40. The number of amides is 1. The van der Waals surface area contributed by atoms with Crippen LogP contribution >= 0.6 is 12.2 Å². The quantitative estimate of drug-likeness (QED) is 0.631. The Morgan fingerprint density at radius 3 is 2.17 bits per heavy atom. The molecule has 0 bridgehead atoms. The number of benzene rings is 1. The van der Waals surface area contributed by atoms with Crippen LogP contribution in [-0.2, 0) is 4.79 Å². The first-order valence-corrected chi connectivity index (χ1v) is 5.60. The fourth-order valence-corrected chi connectivity index (χ4v) is 1.76. The van der Waals surface area contributed by atoms with E-state index in [-0.39, 0.29) is 5.91 Å². The molecule has 0 aromatic heterocycles. The van der Waals surface area contributed by atoms with Gasteiger partial charge in [0, 0.05) is 6.07 Å². The van der Waals surface area contributed by atoms with Crippen molar-refractivity contribution in [1.82, 2.24) is 10.6 Å². The average molecular weight is 264 g/mol. The van der Waals surface area contributed by atoms with Gasteiger partial charge < -0.3 is 14.8 Å². The van der Waals surface area contributed by atoms with Crippen molar-refractivity contribution < 1.29 is 14.3 Å². The summed E-state index contributed by atoms with van der Waals surface area (Å²) in [5.74, 6) is 1.06. The molecule has 0 atom stereocenters. The van der Waals surface area contributed by atoms with E-state index in [9.17, 15) is 4.79 Å². The van der Waals surface area contributed by atoms with Crippen molar-refractivity contribution in [2.45, 2.75) is 0 Å². The van der Waals surface area contributed by atoms with Gasteiger partial charge in [-0.25, -0.2) is 0 Å². The summed E-state index contributed by atoms with van der Waals surface area (Å²) in [6.07, 6.45) is 1.68. The molecule has 2 N–H and O–H groups in total. The van der Waals surface area contributed by atoms with E-state index in [1.54, 1.807) is 38.5 Å². The second-order valence-electron chi connectivity index (χ2n) is 3.61. The summed E-state index contributed by atoms with van der Waals surface area (Å²) < 4.78 is 10.3. The maximum atomic E-state index is 11.5. The van der Waals surface area contributed by atoms with Gasteiger partial charge in [-0.05, 0) is 36.0 Å². The smallest absolute Gasteiger partial charge is 0.273 e. The maximum absolute atomic E-state index is 11.5. The minimum absolute atomic E-state index is 0.248. The lowest BCUT2D eigenvalue weighted by Gasteiger charge is -2.06. The van der Waals surface area contributed by atoms with Crippen LogP contribution in [0, 0.1) is 0 Å². The van der Waals surface area contributed by atoms with E-state index in [1.165, 1.54) is 0 Å². The molecule has 6 heteroatoms. The molecule has 2 rings (SSSR count). The zero-order chi connectivity index (χ0) is 13.1. The lowest BCUT2D eigenvalue weighted by atomic mass is 10.1. The van der Waals surface area contributed by atoms with E-state index >= 15 is 0 Å². The molecule has 0 spiro atoms. The van der Waals surface area contributed by atoms with E-state index in [2.05, 4.69) is 10.6 Å². The van der Waals surface area contributed by atoms with Crippen LogP contribution in [-0.4, -0.2) is 25.2 Å². The summed E-state index contributed by atoms with van der Waals surface area (Å²) in [5.41, 5.74) is 1.18.